The number of hydrogen-bond donors (Lipinski definition) is 2. The zero-order valence-electron chi connectivity index (χ0n) is 10.6. The van der Waals surface area contributed by atoms with Gasteiger partial charge in [0.1, 0.15) is 0 Å². The van der Waals surface area contributed by atoms with Gasteiger partial charge in [-0.1, -0.05) is 18.2 Å². The van der Waals surface area contributed by atoms with Crippen LogP contribution in [-0.4, -0.2) is 31.0 Å². The Kier molecular flexibility index (Phi) is 3.89. The van der Waals surface area contributed by atoms with Crippen LogP contribution < -0.4 is 10.6 Å². The second-order valence-corrected chi connectivity index (χ2v) is 4.15. The van der Waals surface area contributed by atoms with Crippen LogP contribution >= 0.6 is 0 Å². The molecular formula is C14H17N3O. The van der Waals surface area contributed by atoms with Gasteiger partial charge in [0, 0.05) is 18.6 Å². The van der Waals surface area contributed by atoms with E-state index in [1.807, 2.05) is 30.3 Å². The van der Waals surface area contributed by atoms with Gasteiger partial charge in [0.25, 0.3) is 0 Å². The number of fused-ring (bicyclic) bond motifs is 1. The van der Waals surface area contributed by atoms with Crippen LogP contribution in [0.2, 0.25) is 0 Å². The molecule has 0 aliphatic carbocycles. The van der Waals surface area contributed by atoms with Gasteiger partial charge in [-0.2, -0.15) is 0 Å². The molecule has 0 radical (unpaired) electrons. The van der Waals surface area contributed by atoms with Crippen LogP contribution in [0.4, 0.5) is 0 Å². The molecule has 0 saturated carbocycles. The third kappa shape index (κ3) is 2.49. The molecule has 2 rings (SSSR count). The normalized spacial score (nSPS) is 12.3. The molecule has 0 unspecified atom stereocenters. The van der Waals surface area contributed by atoms with E-state index in [0.29, 0.717) is 6.42 Å². The fourth-order valence-electron chi connectivity index (χ4n) is 2.05. The summed E-state index contributed by atoms with van der Waals surface area (Å²) in [4.78, 5) is 16.0. The maximum atomic E-state index is 11.7. The third-order valence-corrected chi connectivity index (χ3v) is 3.07. The van der Waals surface area contributed by atoms with E-state index in [0.717, 1.165) is 16.5 Å². The van der Waals surface area contributed by atoms with Gasteiger partial charge in [0.2, 0.25) is 5.91 Å². The van der Waals surface area contributed by atoms with Crippen LogP contribution in [0, 0.1) is 0 Å². The smallest absolute Gasteiger partial charge is 0.237 e. The van der Waals surface area contributed by atoms with Crippen LogP contribution in [-0.2, 0) is 11.2 Å². The Balaban J connectivity index is 2.33. The second-order valence-electron chi connectivity index (χ2n) is 4.15. The molecule has 4 nitrogen and oxygen atoms in total. The van der Waals surface area contributed by atoms with Crippen molar-refractivity contribution in [1.29, 1.82) is 0 Å². The highest BCUT2D eigenvalue weighted by molar-refractivity contribution is 5.85. The number of para-hydroxylation sites is 1. The summed E-state index contributed by atoms with van der Waals surface area (Å²) >= 11 is 0. The Labute approximate surface area is 106 Å². The zero-order valence-corrected chi connectivity index (χ0v) is 10.6. The summed E-state index contributed by atoms with van der Waals surface area (Å²) in [6.07, 6.45) is 2.44. The molecule has 0 saturated heterocycles. The molecule has 2 aromatic rings. The maximum Gasteiger partial charge on any atom is 0.237 e. The lowest BCUT2D eigenvalue weighted by Crippen LogP contribution is -2.42. The van der Waals surface area contributed by atoms with Gasteiger partial charge in [0.05, 0.1) is 11.6 Å². The van der Waals surface area contributed by atoms with Crippen molar-refractivity contribution >= 4 is 16.8 Å². The Hall–Kier alpha value is -1.94. The number of pyridine rings is 1. The molecule has 0 spiro atoms. The quantitative estimate of drug-likeness (QED) is 0.846. The molecule has 2 N–H and O–H groups in total. The van der Waals surface area contributed by atoms with E-state index in [2.05, 4.69) is 15.6 Å². The van der Waals surface area contributed by atoms with Crippen LogP contribution in [0.1, 0.15) is 5.56 Å². The van der Waals surface area contributed by atoms with Gasteiger partial charge in [-0.05, 0) is 31.2 Å². The molecule has 18 heavy (non-hydrogen) atoms. The van der Waals surface area contributed by atoms with Crippen molar-refractivity contribution in [3.63, 3.8) is 0 Å². The Morgan fingerprint density at radius 3 is 2.78 bits per heavy atom. The first-order valence-electron chi connectivity index (χ1n) is 5.97. The summed E-state index contributed by atoms with van der Waals surface area (Å²) in [5.74, 6) is -0.00149. The molecule has 1 amide bonds. The molecule has 94 valence electrons. The largest absolute Gasteiger partial charge is 0.358 e. The van der Waals surface area contributed by atoms with Crippen molar-refractivity contribution in [1.82, 2.24) is 15.6 Å². The van der Waals surface area contributed by atoms with Gasteiger partial charge in [0.15, 0.2) is 0 Å². The van der Waals surface area contributed by atoms with Gasteiger partial charge in [-0.25, -0.2) is 0 Å². The van der Waals surface area contributed by atoms with E-state index in [1.165, 1.54) is 0 Å². The van der Waals surface area contributed by atoms with Crippen LogP contribution in [0.5, 0.6) is 0 Å². The van der Waals surface area contributed by atoms with Gasteiger partial charge in [-0.15, -0.1) is 0 Å². The number of amides is 1. The molecule has 4 heteroatoms. The van der Waals surface area contributed by atoms with E-state index in [-0.39, 0.29) is 11.9 Å². The molecular weight excluding hydrogens is 226 g/mol. The number of aromatic nitrogens is 1. The first-order valence-corrected chi connectivity index (χ1v) is 5.97. The van der Waals surface area contributed by atoms with E-state index in [4.69, 9.17) is 0 Å². The number of nitrogens with one attached hydrogen (secondary N) is 2. The van der Waals surface area contributed by atoms with Crippen molar-refractivity contribution in [2.24, 2.45) is 0 Å². The van der Waals surface area contributed by atoms with Crippen LogP contribution in [0.15, 0.2) is 36.5 Å². The minimum atomic E-state index is -0.221. The minimum Gasteiger partial charge on any atom is -0.358 e. The Morgan fingerprint density at radius 1 is 1.28 bits per heavy atom. The zero-order chi connectivity index (χ0) is 13.0. The maximum absolute atomic E-state index is 11.7. The first kappa shape index (κ1) is 12.5. The van der Waals surface area contributed by atoms with Crippen molar-refractivity contribution in [2.75, 3.05) is 14.1 Å². The lowest BCUT2D eigenvalue weighted by molar-refractivity contribution is -0.122. The predicted octanol–water partition coefficient (Wildman–Crippen LogP) is 1.11. The summed E-state index contributed by atoms with van der Waals surface area (Å²) in [6.45, 7) is 0. The van der Waals surface area contributed by atoms with E-state index in [9.17, 15) is 4.79 Å². The molecule has 1 aromatic carbocycles. The van der Waals surface area contributed by atoms with Gasteiger partial charge >= 0.3 is 0 Å². The summed E-state index contributed by atoms with van der Waals surface area (Å²) in [5, 5.41) is 6.80. The van der Waals surface area contributed by atoms with Crippen molar-refractivity contribution < 1.29 is 4.79 Å². The average Bonchev–Trinajstić information content (AvgIpc) is 2.44. The Morgan fingerprint density at radius 2 is 2.06 bits per heavy atom. The third-order valence-electron chi connectivity index (χ3n) is 3.07. The summed E-state index contributed by atoms with van der Waals surface area (Å²) in [7, 11) is 3.45. The fourth-order valence-corrected chi connectivity index (χ4v) is 2.05. The molecule has 0 bridgehead atoms. The monoisotopic (exact) mass is 243 g/mol. The van der Waals surface area contributed by atoms with Crippen molar-refractivity contribution in [3.8, 4) is 0 Å². The number of likely N-dealkylation sites (N-methyl/N-ethyl adjacent to an activating group) is 2. The van der Waals surface area contributed by atoms with Gasteiger partial charge < -0.3 is 10.6 Å². The summed E-state index contributed by atoms with van der Waals surface area (Å²) in [6, 6.07) is 9.72. The van der Waals surface area contributed by atoms with E-state index in [1.54, 1.807) is 20.3 Å². The molecule has 1 aromatic heterocycles. The SMILES string of the molecule is CNC(=O)[C@H](Cc1ccnc2ccccc12)NC. The number of carbonyl (C=O) groups excluding carboxylic acids is 1. The number of hydrogen-bond acceptors (Lipinski definition) is 3. The lowest BCUT2D eigenvalue weighted by Gasteiger charge is -2.15. The highest BCUT2D eigenvalue weighted by Gasteiger charge is 2.16. The molecule has 0 aliphatic rings. The standard InChI is InChI=1S/C14H17N3O/c1-15-13(14(18)16-2)9-10-7-8-17-12-6-4-3-5-11(10)12/h3-8,13,15H,9H2,1-2H3,(H,16,18)/t13-/m0/s1. The Bertz CT molecular complexity index is 548. The predicted molar refractivity (Wildman–Crippen MR) is 72.4 cm³/mol. The molecule has 1 heterocycles. The van der Waals surface area contributed by atoms with Crippen LogP contribution in [0.25, 0.3) is 10.9 Å². The number of benzene rings is 1. The van der Waals surface area contributed by atoms with Crippen molar-refractivity contribution in [2.45, 2.75) is 12.5 Å². The molecule has 0 fully saturated rings. The minimum absolute atomic E-state index is 0.00149. The molecule has 1 atom stereocenters. The topological polar surface area (TPSA) is 54.0 Å². The van der Waals surface area contributed by atoms with Crippen LogP contribution in [0.3, 0.4) is 0 Å². The van der Waals surface area contributed by atoms with E-state index < -0.39 is 0 Å². The summed E-state index contributed by atoms with van der Waals surface area (Å²) < 4.78 is 0. The van der Waals surface area contributed by atoms with Crippen molar-refractivity contribution in [3.05, 3.63) is 42.1 Å². The fraction of sp³-hybridized carbons (Fsp3) is 0.286. The van der Waals surface area contributed by atoms with Gasteiger partial charge in [-0.3, -0.25) is 9.78 Å². The van der Waals surface area contributed by atoms with E-state index >= 15 is 0 Å². The second kappa shape index (κ2) is 5.60. The average molecular weight is 243 g/mol. The first-order chi connectivity index (χ1) is 8.76. The number of nitrogens with zero attached hydrogens (tertiary/aromatic N) is 1. The highest BCUT2D eigenvalue weighted by Crippen LogP contribution is 2.17. The highest BCUT2D eigenvalue weighted by atomic mass is 16.2. The lowest BCUT2D eigenvalue weighted by atomic mass is 10.0. The molecule has 0 aliphatic heterocycles. The summed E-state index contributed by atoms with van der Waals surface area (Å²) in [5.41, 5.74) is 2.09. The number of carbonyl (C=O) groups is 1. The number of rotatable bonds is 4.